The van der Waals surface area contributed by atoms with Crippen LogP contribution in [0.2, 0.25) is 0 Å². The quantitative estimate of drug-likeness (QED) is 0.0236. The van der Waals surface area contributed by atoms with E-state index in [1.54, 1.807) is 54.6 Å². The van der Waals surface area contributed by atoms with Gasteiger partial charge in [0.05, 0.1) is 28.4 Å². The summed E-state index contributed by atoms with van der Waals surface area (Å²) in [6.45, 7) is 15.1. The third-order valence-electron chi connectivity index (χ3n) is 13.1. The van der Waals surface area contributed by atoms with Crippen molar-refractivity contribution < 1.29 is 60.0 Å². The smallest absolute Gasteiger partial charge is 0.296 e. The highest BCUT2D eigenvalue weighted by Gasteiger charge is 2.28. The topological polar surface area (TPSA) is 260 Å². The molecule has 19 heteroatoms. The number of amides is 2. The van der Waals surface area contributed by atoms with Gasteiger partial charge in [0.2, 0.25) is 5.91 Å². The van der Waals surface area contributed by atoms with E-state index < -0.39 is 53.3 Å². The SMILES string of the molecule is CCC(C)(C)c1ccc(OCCCNC(=O)c2cc(OCCOc3ccc(N=Nc4c(S(=O)(=O)O)cc5cc(S(=O)(=O)O)cc(NC(C)=O)c5c4O)c4ccccc34)c3ccccc3c2O)c(C(C)(C)CC)c1. The predicted octanol–water partition coefficient (Wildman–Crippen LogP) is 11.5. The molecule has 0 radical (unpaired) electrons. The number of carbonyl (C=O) groups is 2. The first-order chi connectivity index (χ1) is 34.4. The molecule has 0 fully saturated rings. The van der Waals surface area contributed by atoms with Gasteiger partial charge < -0.3 is 35.1 Å². The third-order valence-corrected chi connectivity index (χ3v) is 14.8. The molecular formula is C54H58N4O13S2. The number of azo groups is 1. The lowest BCUT2D eigenvalue weighted by molar-refractivity contribution is -0.114. The van der Waals surface area contributed by atoms with E-state index in [1.165, 1.54) is 17.7 Å². The Morgan fingerprint density at radius 1 is 0.644 bits per heavy atom. The fourth-order valence-corrected chi connectivity index (χ4v) is 9.44. The van der Waals surface area contributed by atoms with Crippen molar-refractivity contribution in [3.05, 3.63) is 120 Å². The second-order valence-corrected chi connectivity index (χ2v) is 21.6. The molecule has 17 nitrogen and oxygen atoms in total. The van der Waals surface area contributed by atoms with Crippen LogP contribution in [0.4, 0.5) is 17.1 Å². The minimum absolute atomic E-state index is 0.0164. The number of hydrogen-bond donors (Lipinski definition) is 6. The van der Waals surface area contributed by atoms with E-state index in [9.17, 15) is 45.7 Å². The Hall–Kier alpha value is -7.32. The highest BCUT2D eigenvalue weighted by molar-refractivity contribution is 7.86. The zero-order chi connectivity index (χ0) is 53.0. The van der Waals surface area contributed by atoms with Crippen LogP contribution in [-0.4, -0.2) is 74.3 Å². The van der Waals surface area contributed by atoms with Crippen molar-refractivity contribution in [3.63, 3.8) is 0 Å². The number of nitrogens with one attached hydrogen (secondary N) is 2. The van der Waals surface area contributed by atoms with Crippen LogP contribution in [0.3, 0.4) is 0 Å². The number of ether oxygens (including phenoxy) is 3. The Morgan fingerprint density at radius 3 is 1.88 bits per heavy atom. The third kappa shape index (κ3) is 11.8. The lowest BCUT2D eigenvalue weighted by Crippen LogP contribution is -2.26. The first-order valence-electron chi connectivity index (χ1n) is 23.5. The summed E-state index contributed by atoms with van der Waals surface area (Å²) < 4.78 is 87.8. The average Bonchev–Trinajstić information content (AvgIpc) is 3.34. The molecule has 0 aliphatic carbocycles. The van der Waals surface area contributed by atoms with Crippen LogP contribution in [0.25, 0.3) is 32.3 Å². The molecule has 7 rings (SSSR count). The minimum Gasteiger partial charge on any atom is -0.506 e. The normalized spacial score (nSPS) is 12.4. The molecule has 0 atom stereocenters. The van der Waals surface area contributed by atoms with Crippen LogP contribution in [0, 0.1) is 0 Å². The zero-order valence-electron chi connectivity index (χ0n) is 41.4. The molecule has 7 aromatic carbocycles. The second-order valence-electron chi connectivity index (χ2n) is 18.8. The summed E-state index contributed by atoms with van der Waals surface area (Å²) in [6, 6.07) is 27.5. The van der Waals surface area contributed by atoms with E-state index in [0.29, 0.717) is 46.1 Å². The van der Waals surface area contributed by atoms with E-state index >= 15 is 0 Å². The standard InChI is InChI=1S/C54H58N4O13S2/c1-8-53(4,5)34-19-21-45(41(29-34)54(6,7)9-2)69-24-14-23-55-52(62)40-31-46(38-17-12-13-18-39(38)50(40)60)71-26-25-70-44-22-20-42(36-15-10-11-16-37(36)44)57-58-49-47(73(66,67)68)28-33-27-35(72(63,64)65)30-43(56-32(3)59)48(33)51(49)61/h10-13,15-22,27-31,60-61H,8-9,14,23-26H2,1-7H3,(H,55,62)(H,56,59)(H,63,64,65)(H,66,67,68). The number of carbonyl (C=O) groups excluding carboxylic acids is 2. The summed E-state index contributed by atoms with van der Waals surface area (Å²) in [5.74, 6) is -0.667. The fraction of sp³-hybridized carbons (Fsp3) is 0.296. The van der Waals surface area contributed by atoms with Crippen molar-refractivity contribution in [2.45, 2.75) is 88.3 Å². The van der Waals surface area contributed by atoms with Gasteiger partial charge in [0.15, 0.2) is 5.75 Å². The summed E-state index contributed by atoms with van der Waals surface area (Å²) in [7, 11) is -10.0. The van der Waals surface area contributed by atoms with Gasteiger partial charge in [-0.15, -0.1) is 10.2 Å². The number of anilines is 1. The number of rotatable bonds is 20. The number of hydrogen-bond acceptors (Lipinski definition) is 13. The molecule has 6 N–H and O–H groups in total. The molecular weight excluding hydrogens is 977 g/mol. The van der Waals surface area contributed by atoms with Gasteiger partial charge in [-0.1, -0.05) is 102 Å². The van der Waals surface area contributed by atoms with Crippen LogP contribution in [0.15, 0.2) is 123 Å². The monoisotopic (exact) mass is 1030 g/mol. The van der Waals surface area contributed by atoms with Crippen molar-refractivity contribution in [1.29, 1.82) is 0 Å². The first kappa shape index (κ1) is 53.5. The van der Waals surface area contributed by atoms with E-state index in [4.69, 9.17) is 14.2 Å². The van der Waals surface area contributed by atoms with Gasteiger partial charge in [-0.2, -0.15) is 16.8 Å². The number of fused-ring (bicyclic) bond motifs is 3. The van der Waals surface area contributed by atoms with Gasteiger partial charge in [0, 0.05) is 46.0 Å². The van der Waals surface area contributed by atoms with E-state index in [2.05, 4.69) is 74.5 Å². The van der Waals surface area contributed by atoms with Crippen molar-refractivity contribution >= 4 is 81.4 Å². The Balaban J connectivity index is 1.06. The fourth-order valence-electron chi connectivity index (χ4n) is 8.24. The van der Waals surface area contributed by atoms with Crippen molar-refractivity contribution in [2.24, 2.45) is 10.2 Å². The summed E-state index contributed by atoms with van der Waals surface area (Å²) in [6.07, 6.45) is 2.45. The molecule has 384 valence electrons. The molecule has 2 amide bonds. The number of phenols is 2. The molecule has 0 saturated carbocycles. The van der Waals surface area contributed by atoms with Gasteiger partial charge in [0.25, 0.3) is 26.1 Å². The van der Waals surface area contributed by atoms with Gasteiger partial charge in [-0.3, -0.25) is 18.7 Å². The Kier molecular flexibility index (Phi) is 15.7. The lowest BCUT2D eigenvalue weighted by atomic mass is 9.76. The summed E-state index contributed by atoms with van der Waals surface area (Å²) in [4.78, 5) is 24.0. The van der Waals surface area contributed by atoms with Crippen molar-refractivity contribution in [1.82, 2.24) is 5.32 Å². The molecule has 0 saturated heterocycles. The maximum Gasteiger partial charge on any atom is 0.296 e. The maximum absolute atomic E-state index is 13.6. The van der Waals surface area contributed by atoms with Crippen molar-refractivity contribution in [3.8, 4) is 28.7 Å². The van der Waals surface area contributed by atoms with Crippen LogP contribution < -0.4 is 24.8 Å². The van der Waals surface area contributed by atoms with E-state index in [0.717, 1.165) is 49.3 Å². The van der Waals surface area contributed by atoms with E-state index in [1.807, 2.05) is 6.07 Å². The summed E-state index contributed by atoms with van der Waals surface area (Å²) in [5.41, 5.74) is 1.52. The number of phenolic OH excluding ortho intramolecular Hbond substituents is 2. The molecule has 0 spiro atoms. The molecule has 0 aliphatic heterocycles. The van der Waals surface area contributed by atoms with Crippen molar-refractivity contribution in [2.75, 3.05) is 31.7 Å². The number of nitrogens with zero attached hydrogens (tertiary/aromatic N) is 2. The highest BCUT2D eigenvalue weighted by atomic mass is 32.2. The predicted molar refractivity (Wildman–Crippen MR) is 280 cm³/mol. The maximum atomic E-state index is 13.6. The molecule has 73 heavy (non-hydrogen) atoms. The average molecular weight is 1040 g/mol. The zero-order valence-corrected chi connectivity index (χ0v) is 43.1. The van der Waals surface area contributed by atoms with Crippen LogP contribution >= 0.6 is 0 Å². The van der Waals surface area contributed by atoms with Gasteiger partial charge in [-0.05, 0) is 83.5 Å². The Labute approximate surface area is 423 Å². The van der Waals surface area contributed by atoms with E-state index in [-0.39, 0.29) is 64.0 Å². The van der Waals surface area contributed by atoms with Gasteiger partial charge in [-0.25, -0.2) is 0 Å². The van der Waals surface area contributed by atoms with Crippen LogP contribution in [0.1, 0.15) is 89.2 Å². The van der Waals surface area contributed by atoms with Gasteiger partial charge >= 0.3 is 0 Å². The minimum atomic E-state index is -5.15. The second kappa shape index (κ2) is 21.4. The Morgan fingerprint density at radius 2 is 1.25 bits per heavy atom. The Bertz CT molecular complexity index is 3540. The van der Waals surface area contributed by atoms with Crippen LogP contribution in [-0.2, 0) is 35.9 Å². The first-order valence-corrected chi connectivity index (χ1v) is 26.4. The molecule has 0 aromatic heterocycles. The van der Waals surface area contributed by atoms with Gasteiger partial charge in [0.1, 0.15) is 46.8 Å². The highest BCUT2D eigenvalue weighted by Crippen LogP contribution is 2.46. The largest absolute Gasteiger partial charge is 0.506 e. The molecule has 0 aliphatic rings. The number of benzene rings is 7. The number of aromatic hydroxyl groups is 2. The van der Waals surface area contributed by atoms with Crippen LogP contribution in [0.5, 0.6) is 28.7 Å². The molecule has 7 aromatic rings. The summed E-state index contributed by atoms with van der Waals surface area (Å²) in [5, 5.41) is 37.7. The molecule has 0 bridgehead atoms. The lowest BCUT2D eigenvalue weighted by Gasteiger charge is -2.30. The summed E-state index contributed by atoms with van der Waals surface area (Å²) >= 11 is 0. The molecule has 0 heterocycles. The molecule has 0 unspecified atom stereocenters.